The molecule has 1 nitrogen and oxygen atoms in total. The SMILES string of the molecule is CCC[CH2][Sn]([CH2]CCC)([CH2]CCC(C)C)[c]1nccs1. The Balaban J connectivity index is 2.80. The first-order valence-corrected chi connectivity index (χ1v) is 16.9. The fourth-order valence-corrected chi connectivity index (χ4v) is 21.8. The molecule has 0 saturated heterocycles. The summed E-state index contributed by atoms with van der Waals surface area (Å²) in [5.41, 5.74) is 0. The topological polar surface area (TPSA) is 12.9 Å². The van der Waals surface area contributed by atoms with E-state index in [1.807, 2.05) is 17.5 Å². The zero-order chi connectivity index (χ0) is 14.8. The zero-order valence-electron chi connectivity index (χ0n) is 14.0. The summed E-state index contributed by atoms with van der Waals surface area (Å²) in [5.74, 6) is 0.854. The van der Waals surface area contributed by atoms with Crippen LogP contribution in [0.4, 0.5) is 0 Å². The predicted octanol–water partition coefficient (Wildman–Crippen LogP) is 5.84. The summed E-state index contributed by atoms with van der Waals surface area (Å²) in [5, 5.41) is 2.21. The summed E-state index contributed by atoms with van der Waals surface area (Å²) >= 11 is -0.215. The Kier molecular flexibility index (Phi) is 9.43. The van der Waals surface area contributed by atoms with E-state index in [9.17, 15) is 0 Å². The first-order valence-electron chi connectivity index (χ1n) is 8.54. The molecule has 0 radical (unpaired) electrons. The van der Waals surface area contributed by atoms with Gasteiger partial charge in [0.1, 0.15) is 0 Å². The minimum atomic E-state index is -2.19. The maximum absolute atomic E-state index is 4.80. The number of rotatable bonds is 11. The number of thiazole rings is 1. The van der Waals surface area contributed by atoms with Crippen LogP contribution in [0.25, 0.3) is 0 Å². The standard InChI is InChI=1S/C6H13.2C4H9.C3H2NS.Sn/c1-4-5-6(2)3;2*1-3-4-2;1-2-5-3-4-1;/h6H,1,4-5H2,2-3H3;2*1,3-4H2,2H3;1-2H;. The van der Waals surface area contributed by atoms with E-state index < -0.39 is 18.4 Å². The van der Waals surface area contributed by atoms with Gasteiger partial charge in [-0.3, -0.25) is 0 Å². The van der Waals surface area contributed by atoms with E-state index in [0.29, 0.717) is 0 Å². The molecule has 116 valence electrons. The van der Waals surface area contributed by atoms with Crippen molar-refractivity contribution in [1.82, 2.24) is 4.98 Å². The Morgan fingerprint density at radius 3 is 2.10 bits per heavy atom. The summed E-state index contributed by atoms with van der Waals surface area (Å²) in [7, 11) is 0. The summed E-state index contributed by atoms with van der Waals surface area (Å²) in [6.07, 6.45) is 10.5. The molecule has 1 aromatic heterocycles. The van der Waals surface area contributed by atoms with E-state index in [4.69, 9.17) is 4.98 Å². The Bertz CT molecular complexity index is 327. The second-order valence-electron chi connectivity index (χ2n) is 6.61. The minimum absolute atomic E-state index is 0.854. The summed E-state index contributed by atoms with van der Waals surface area (Å²) < 4.78 is 6.23. The Labute approximate surface area is 134 Å². The van der Waals surface area contributed by atoms with Gasteiger partial charge in [0, 0.05) is 0 Å². The second kappa shape index (κ2) is 10.2. The predicted molar refractivity (Wildman–Crippen MR) is 95.8 cm³/mol. The van der Waals surface area contributed by atoms with E-state index >= 15 is 0 Å². The van der Waals surface area contributed by atoms with Gasteiger partial charge >= 0.3 is 135 Å². The molecule has 0 aliphatic carbocycles. The third kappa shape index (κ3) is 6.05. The van der Waals surface area contributed by atoms with Gasteiger partial charge in [0.25, 0.3) is 0 Å². The third-order valence-corrected chi connectivity index (χ3v) is 23.0. The molecule has 0 fully saturated rings. The van der Waals surface area contributed by atoms with Gasteiger partial charge in [-0.15, -0.1) is 0 Å². The fraction of sp³-hybridized carbons (Fsp3) is 0.824. The van der Waals surface area contributed by atoms with Crippen LogP contribution in [0.5, 0.6) is 0 Å². The number of aromatic nitrogens is 1. The van der Waals surface area contributed by atoms with E-state index in [-0.39, 0.29) is 0 Å². The molecule has 0 aliphatic heterocycles. The number of hydrogen-bond acceptors (Lipinski definition) is 2. The van der Waals surface area contributed by atoms with Gasteiger partial charge in [0.15, 0.2) is 0 Å². The Hall–Kier alpha value is 0.429. The normalized spacial score (nSPS) is 12.2. The van der Waals surface area contributed by atoms with Gasteiger partial charge in [-0.25, -0.2) is 0 Å². The summed E-state index contributed by atoms with van der Waals surface area (Å²) in [6, 6.07) is 0. The first kappa shape index (κ1) is 18.5. The summed E-state index contributed by atoms with van der Waals surface area (Å²) in [4.78, 5) is 4.80. The molecule has 1 heterocycles. The number of unbranched alkanes of at least 4 members (excludes halogenated alkanes) is 2. The van der Waals surface area contributed by atoms with Crippen molar-refractivity contribution in [1.29, 1.82) is 0 Å². The van der Waals surface area contributed by atoms with E-state index in [1.165, 1.54) is 47.4 Å². The van der Waals surface area contributed by atoms with Crippen LogP contribution in [0.15, 0.2) is 11.6 Å². The molecular weight excluding hydrogens is 369 g/mol. The molecule has 0 N–H and O–H groups in total. The zero-order valence-corrected chi connectivity index (χ0v) is 17.6. The molecule has 0 aliphatic rings. The number of hydrogen-bond donors (Lipinski definition) is 0. The van der Waals surface area contributed by atoms with E-state index in [1.54, 1.807) is 7.46 Å². The van der Waals surface area contributed by atoms with E-state index in [0.717, 1.165) is 5.92 Å². The molecule has 1 aromatic rings. The monoisotopic (exact) mass is 403 g/mol. The average molecular weight is 402 g/mol. The van der Waals surface area contributed by atoms with Crippen molar-refractivity contribution < 1.29 is 0 Å². The molecule has 0 atom stereocenters. The van der Waals surface area contributed by atoms with Crippen molar-refractivity contribution in [2.45, 2.75) is 79.5 Å². The Morgan fingerprint density at radius 1 is 1.05 bits per heavy atom. The van der Waals surface area contributed by atoms with Crippen LogP contribution in [0.1, 0.15) is 66.2 Å². The van der Waals surface area contributed by atoms with Crippen LogP contribution in [-0.2, 0) is 0 Å². The van der Waals surface area contributed by atoms with Gasteiger partial charge in [0.05, 0.1) is 0 Å². The molecule has 0 aromatic carbocycles. The second-order valence-corrected chi connectivity index (χ2v) is 21.5. The van der Waals surface area contributed by atoms with Crippen molar-refractivity contribution in [2.24, 2.45) is 5.92 Å². The molecule has 0 unspecified atom stereocenters. The first-order chi connectivity index (χ1) is 9.64. The molecule has 20 heavy (non-hydrogen) atoms. The Morgan fingerprint density at radius 2 is 1.65 bits per heavy atom. The fourth-order valence-electron chi connectivity index (χ4n) is 3.06. The molecule has 1 rings (SSSR count). The van der Waals surface area contributed by atoms with Crippen molar-refractivity contribution >= 4 is 32.7 Å². The van der Waals surface area contributed by atoms with Crippen molar-refractivity contribution in [3.8, 4) is 0 Å². The molecular formula is C17H33NSSn. The van der Waals surface area contributed by atoms with Gasteiger partial charge < -0.3 is 0 Å². The quantitative estimate of drug-likeness (QED) is 0.424. The molecule has 0 bridgehead atoms. The van der Waals surface area contributed by atoms with Crippen LogP contribution in [0.3, 0.4) is 0 Å². The maximum atomic E-state index is 4.80. The molecule has 0 spiro atoms. The van der Waals surface area contributed by atoms with Crippen molar-refractivity contribution in [3.63, 3.8) is 0 Å². The van der Waals surface area contributed by atoms with Gasteiger partial charge in [-0.2, -0.15) is 0 Å². The van der Waals surface area contributed by atoms with Crippen LogP contribution in [0.2, 0.25) is 13.3 Å². The molecule has 0 saturated carbocycles. The third-order valence-electron chi connectivity index (χ3n) is 4.34. The van der Waals surface area contributed by atoms with Crippen molar-refractivity contribution in [2.75, 3.05) is 0 Å². The number of nitrogens with zero attached hydrogens (tertiary/aromatic N) is 1. The van der Waals surface area contributed by atoms with Crippen LogP contribution >= 0.6 is 11.3 Å². The summed E-state index contributed by atoms with van der Waals surface area (Å²) in [6.45, 7) is 9.40. The molecule has 0 amide bonds. The van der Waals surface area contributed by atoms with Gasteiger partial charge in [-0.05, 0) is 0 Å². The van der Waals surface area contributed by atoms with Crippen LogP contribution in [-0.4, -0.2) is 23.4 Å². The van der Waals surface area contributed by atoms with Gasteiger partial charge in [0.2, 0.25) is 0 Å². The molecule has 3 heteroatoms. The van der Waals surface area contributed by atoms with Gasteiger partial charge in [-0.1, -0.05) is 0 Å². The van der Waals surface area contributed by atoms with E-state index in [2.05, 4.69) is 33.1 Å². The van der Waals surface area contributed by atoms with Crippen molar-refractivity contribution in [3.05, 3.63) is 11.6 Å². The van der Waals surface area contributed by atoms with Crippen LogP contribution < -0.4 is 3.02 Å². The average Bonchev–Trinajstić information content (AvgIpc) is 2.95. The van der Waals surface area contributed by atoms with Crippen LogP contribution in [0, 0.1) is 5.92 Å².